The van der Waals surface area contributed by atoms with Gasteiger partial charge in [0.1, 0.15) is 0 Å². The zero-order chi connectivity index (χ0) is 13.1. The van der Waals surface area contributed by atoms with Gasteiger partial charge in [0.05, 0.1) is 6.10 Å². The predicted molar refractivity (Wildman–Crippen MR) is 78.7 cm³/mol. The predicted octanol–water partition coefficient (Wildman–Crippen LogP) is 4.00. The zero-order valence-corrected chi connectivity index (χ0v) is 10.9. The first-order chi connectivity index (χ1) is 9.34. The Hall–Kier alpha value is -1.86. The molecule has 0 bridgehead atoms. The Labute approximate surface area is 114 Å². The van der Waals surface area contributed by atoms with Gasteiger partial charge in [-0.1, -0.05) is 66.7 Å². The number of hydrogen-bond donors (Lipinski definition) is 1. The summed E-state index contributed by atoms with van der Waals surface area (Å²) in [5.74, 6) is 0.218. The van der Waals surface area contributed by atoms with Gasteiger partial charge in [-0.3, -0.25) is 0 Å². The van der Waals surface area contributed by atoms with E-state index in [0.717, 1.165) is 24.0 Å². The lowest BCUT2D eigenvalue weighted by Crippen LogP contribution is -2.15. The highest BCUT2D eigenvalue weighted by Gasteiger charge is 2.23. The molecule has 19 heavy (non-hydrogen) atoms. The summed E-state index contributed by atoms with van der Waals surface area (Å²) < 4.78 is 0. The van der Waals surface area contributed by atoms with Crippen LogP contribution in [-0.4, -0.2) is 5.11 Å². The van der Waals surface area contributed by atoms with Crippen molar-refractivity contribution < 1.29 is 5.11 Å². The summed E-state index contributed by atoms with van der Waals surface area (Å²) >= 11 is 0. The van der Waals surface area contributed by atoms with E-state index >= 15 is 0 Å². The molecule has 1 nitrogen and oxygen atoms in total. The molecule has 2 aromatic carbocycles. The lowest BCUT2D eigenvalue weighted by atomic mass is 9.83. The molecule has 1 aliphatic carbocycles. The quantitative estimate of drug-likeness (QED) is 0.873. The van der Waals surface area contributed by atoms with Crippen molar-refractivity contribution in [3.63, 3.8) is 0 Å². The van der Waals surface area contributed by atoms with Crippen LogP contribution < -0.4 is 0 Å². The summed E-state index contributed by atoms with van der Waals surface area (Å²) in [7, 11) is 0. The first-order valence-electron chi connectivity index (χ1n) is 6.84. The first-order valence-corrected chi connectivity index (χ1v) is 6.84. The van der Waals surface area contributed by atoms with Gasteiger partial charge in [-0.2, -0.15) is 0 Å². The van der Waals surface area contributed by atoms with Crippen LogP contribution in [0, 0.1) is 5.92 Å². The Morgan fingerprint density at radius 3 is 2.47 bits per heavy atom. The summed E-state index contributed by atoms with van der Waals surface area (Å²) in [6.07, 6.45) is 5.91. The van der Waals surface area contributed by atoms with E-state index in [0.29, 0.717) is 0 Å². The molecule has 2 atom stereocenters. The summed E-state index contributed by atoms with van der Waals surface area (Å²) in [4.78, 5) is 0. The minimum Gasteiger partial charge on any atom is -0.388 e. The van der Waals surface area contributed by atoms with Crippen LogP contribution in [0.5, 0.6) is 0 Å². The van der Waals surface area contributed by atoms with E-state index in [4.69, 9.17) is 0 Å². The molecule has 0 spiro atoms. The van der Waals surface area contributed by atoms with Crippen molar-refractivity contribution >= 4 is 6.08 Å². The third-order valence-corrected chi connectivity index (χ3v) is 3.85. The fourth-order valence-electron chi connectivity index (χ4n) is 2.73. The minimum absolute atomic E-state index is 0.218. The molecule has 0 fully saturated rings. The molecule has 2 aromatic rings. The fraction of sp³-hybridized carbons (Fsp3) is 0.222. The van der Waals surface area contributed by atoms with Crippen molar-refractivity contribution in [2.24, 2.45) is 5.92 Å². The van der Waals surface area contributed by atoms with Crippen LogP contribution in [0.3, 0.4) is 0 Å². The van der Waals surface area contributed by atoms with Gasteiger partial charge >= 0.3 is 0 Å². The maximum absolute atomic E-state index is 10.4. The van der Waals surface area contributed by atoms with Crippen LogP contribution in [0.15, 0.2) is 60.7 Å². The second kappa shape index (κ2) is 5.41. The maximum Gasteiger partial charge on any atom is 0.0858 e. The Morgan fingerprint density at radius 1 is 0.895 bits per heavy atom. The number of benzene rings is 2. The van der Waals surface area contributed by atoms with Crippen molar-refractivity contribution in [1.82, 2.24) is 0 Å². The molecule has 0 aromatic heterocycles. The molecule has 0 heterocycles. The number of rotatable bonds is 3. The van der Waals surface area contributed by atoms with Gasteiger partial charge in [-0.15, -0.1) is 0 Å². The molecule has 96 valence electrons. The zero-order valence-electron chi connectivity index (χ0n) is 10.9. The monoisotopic (exact) mass is 250 g/mol. The summed E-state index contributed by atoms with van der Waals surface area (Å²) in [5.41, 5.74) is 3.54. The van der Waals surface area contributed by atoms with E-state index in [1.54, 1.807) is 0 Å². The molecule has 1 N–H and O–H groups in total. The Bertz CT molecular complexity index is 571. The number of aliphatic hydroxyl groups excluding tert-OH is 1. The molecule has 0 unspecified atom stereocenters. The highest BCUT2D eigenvalue weighted by Crippen LogP contribution is 2.34. The van der Waals surface area contributed by atoms with Gasteiger partial charge in [0, 0.05) is 5.92 Å². The van der Waals surface area contributed by atoms with Crippen LogP contribution in [-0.2, 0) is 6.42 Å². The molecule has 0 saturated carbocycles. The number of fused-ring (bicyclic) bond motifs is 1. The van der Waals surface area contributed by atoms with E-state index in [-0.39, 0.29) is 12.0 Å². The Morgan fingerprint density at radius 2 is 1.63 bits per heavy atom. The topological polar surface area (TPSA) is 20.2 Å². The van der Waals surface area contributed by atoms with Crippen LogP contribution >= 0.6 is 0 Å². The minimum atomic E-state index is -0.370. The normalized spacial score (nSPS) is 21.1. The number of aryl methyl sites for hydroxylation is 1. The van der Waals surface area contributed by atoms with E-state index in [2.05, 4.69) is 42.5 Å². The summed E-state index contributed by atoms with van der Waals surface area (Å²) in [6, 6.07) is 18.6. The third kappa shape index (κ3) is 2.61. The molecule has 1 heteroatoms. The molecule has 1 aliphatic rings. The van der Waals surface area contributed by atoms with Crippen molar-refractivity contribution in [3.8, 4) is 0 Å². The van der Waals surface area contributed by atoms with Gasteiger partial charge in [-0.05, 0) is 29.5 Å². The molecule has 0 saturated heterocycles. The second-order valence-corrected chi connectivity index (χ2v) is 5.12. The number of hydrogen-bond acceptors (Lipinski definition) is 1. The van der Waals surface area contributed by atoms with Crippen LogP contribution in [0.2, 0.25) is 0 Å². The SMILES string of the molecule is O[C@@H]1c2ccccc2C=C[C@H]1CCc1ccccc1. The standard InChI is InChI=1S/C18H18O/c19-18-16(11-10-14-6-2-1-3-7-14)13-12-15-8-4-5-9-17(15)18/h1-9,12-13,16,18-19H,10-11H2/t16-,18+/m1/s1. The summed E-state index contributed by atoms with van der Waals surface area (Å²) in [5, 5.41) is 10.4. The molecule has 0 aliphatic heterocycles. The van der Waals surface area contributed by atoms with Gasteiger partial charge in [0.25, 0.3) is 0 Å². The number of aliphatic hydroxyl groups is 1. The van der Waals surface area contributed by atoms with Gasteiger partial charge < -0.3 is 5.11 Å². The van der Waals surface area contributed by atoms with E-state index in [1.807, 2.05) is 24.3 Å². The largest absolute Gasteiger partial charge is 0.388 e. The van der Waals surface area contributed by atoms with Gasteiger partial charge in [0.2, 0.25) is 0 Å². The van der Waals surface area contributed by atoms with Crippen LogP contribution in [0.4, 0.5) is 0 Å². The first kappa shape index (κ1) is 12.2. The van der Waals surface area contributed by atoms with E-state index in [9.17, 15) is 5.11 Å². The van der Waals surface area contributed by atoms with Crippen molar-refractivity contribution in [1.29, 1.82) is 0 Å². The molecule has 0 amide bonds. The molecular weight excluding hydrogens is 232 g/mol. The van der Waals surface area contributed by atoms with E-state index in [1.165, 1.54) is 5.56 Å². The average molecular weight is 250 g/mol. The average Bonchev–Trinajstić information content (AvgIpc) is 2.48. The Balaban J connectivity index is 1.71. The van der Waals surface area contributed by atoms with Gasteiger partial charge in [-0.25, -0.2) is 0 Å². The van der Waals surface area contributed by atoms with Crippen molar-refractivity contribution in [3.05, 3.63) is 77.4 Å². The molecular formula is C18H18O. The van der Waals surface area contributed by atoms with Crippen molar-refractivity contribution in [2.75, 3.05) is 0 Å². The van der Waals surface area contributed by atoms with Crippen LogP contribution in [0.1, 0.15) is 29.2 Å². The molecule has 3 rings (SSSR count). The lowest BCUT2D eigenvalue weighted by Gasteiger charge is -2.25. The summed E-state index contributed by atoms with van der Waals surface area (Å²) in [6.45, 7) is 0. The maximum atomic E-state index is 10.4. The lowest BCUT2D eigenvalue weighted by molar-refractivity contribution is 0.125. The fourth-order valence-corrected chi connectivity index (χ4v) is 2.73. The van der Waals surface area contributed by atoms with Crippen molar-refractivity contribution in [2.45, 2.75) is 18.9 Å². The van der Waals surface area contributed by atoms with Crippen LogP contribution in [0.25, 0.3) is 6.08 Å². The molecule has 0 radical (unpaired) electrons. The third-order valence-electron chi connectivity index (χ3n) is 3.85. The highest BCUT2D eigenvalue weighted by atomic mass is 16.3. The van der Waals surface area contributed by atoms with Gasteiger partial charge in [0.15, 0.2) is 0 Å². The second-order valence-electron chi connectivity index (χ2n) is 5.12. The van der Waals surface area contributed by atoms with E-state index < -0.39 is 0 Å². The Kier molecular flexibility index (Phi) is 3.47. The highest BCUT2D eigenvalue weighted by molar-refractivity contribution is 5.57. The smallest absolute Gasteiger partial charge is 0.0858 e.